The molecule has 0 fully saturated rings. The van der Waals surface area contributed by atoms with Crippen LogP contribution in [0.4, 0.5) is 34.1 Å². The molecule has 404 valence electrons. The fourth-order valence-corrected chi connectivity index (χ4v) is 14.7. The standard InChI is InChI=1S/C74H79BN4S/c1-42(2)51-25-22-26-52(43(3)4)66(51)79-60-33-45(27-30-57(60)76-69(79)44-23-20-19-21-24-44)46-34-61-65-62(35-46)78-59-32-29-48(71(8,9)10)40-63(59)80-64-41-50(73(14,15)16)39-56(68(64)78)75(65)55-38-49(72(11,12)13)37-54-67(55)77(61)58-31-28-47(70(5,6)7)36-53(58)74(54,17)18/h19-43H,1-18H3. The van der Waals surface area contributed by atoms with E-state index < -0.39 is 0 Å². The summed E-state index contributed by atoms with van der Waals surface area (Å²) in [7, 11) is 0. The van der Waals surface area contributed by atoms with Gasteiger partial charge in [0.15, 0.2) is 0 Å². The highest BCUT2D eigenvalue weighted by molar-refractivity contribution is 7.99. The van der Waals surface area contributed by atoms with Gasteiger partial charge in [0.25, 0.3) is 6.71 Å². The third-order valence-electron chi connectivity index (χ3n) is 18.3. The molecule has 4 aliphatic rings. The van der Waals surface area contributed by atoms with E-state index >= 15 is 0 Å². The molecule has 0 spiro atoms. The lowest BCUT2D eigenvalue weighted by molar-refractivity contribution is 0.574. The third-order valence-corrected chi connectivity index (χ3v) is 19.4. The van der Waals surface area contributed by atoms with Crippen molar-refractivity contribution < 1.29 is 0 Å². The molecule has 13 rings (SSSR count). The number of fused-ring (bicyclic) bond motifs is 9. The van der Waals surface area contributed by atoms with E-state index in [2.05, 4.69) is 279 Å². The van der Waals surface area contributed by atoms with Gasteiger partial charge in [0.2, 0.25) is 0 Å². The van der Waals surface area contributed by atoms with E-state index in [1.807, 2.05) is 11.8 Å². The minimum Gasteiger partial charge on any atom is -0.311 e. The maximum absolute atomic E-state index is 5.56. The van der Waals surface area contributed by atoms with Crippen molar-refractivity contribution in [2.24, 2.45) is 0 Å². The van der Waals surface area contributed by atoms with Crippen molar-refractivity contribution in [1.82, 2.24) is 9.55 Å². The second-order valence-corrected chi connectivity index (χ2v) is 30.1. The molecule has 0 unspecified atom stereocenters. The first-order chi connectivity index (χ1) is 37.6. The van der Waals surface area contributed by atoms with Gasteiger partial charge in [0.05, 0.1) is 33.8 Å². The maximum atomic E-state index is 5.56. The minimum atomic E-state index is -0.287. The summed E-state index contributed by atoms with van der Waals surface area (Å²) >= 11 is 1.97. The molecular formula is C74H79BN4S. The maximum Gasteiger partial charge on any atom is 0.252 e. The van der Waals surface area contributed by atoms with E-state index in [4.69, 9.17) is 4.98 Å². The lowest BCUT2D eigenvalue weighted by atomic mass is 9.32. The lowest BCUT2D eigenvalue weighted by Gasteiger charge is -2.51. The zero-order valence-corrected chi connectivity index (χ0v) is 51.5. The summed E-state index contributed by atoms with van der Waals surface area (Å²) in [5.74, 6) is 1.57. The predicted molar refractivity (Wildman–Crippen MR) is 345 cm³/mol. The molecule has 0 radical (unpaired) electrons. The van der Waals surface area contributed by atoms with Crippen molar-refractivity contribution in [3.63, 3.8) is 0 Å². The second-order valence-electron chi connectivity index (χ2n) is 29.0. The summed E-state index contributed by atoms with van der Waals surface area (Å²) in [5.41, 5.74) is 29.1. The van der Waals surface area contributed by atoms with Crippen LogP contribution in [0.2, 0.25) is 0 Å². The summed E-state index contributed by atoms with van der Waals surface area (Å²) in [6, 6.07) is 55.0. The first-order valence-corrected chi connectivity index (χ1v) is 30.3. The number of hydrogen-bond donors (Lipinski definition) is 0. The van der Waals surface area contributed by atoms with Gasteiger partial charge >= 0.3 is 0 Å². The monoisotopic (exact) mass is 1070 g/mol. The van der Waals surface area contributed by atoms with E-state index in [1.165, 1.54) is 122 Å². The van der Waals surface area contributed by atoms with Gasteiger partial charge in [-0.05, 0) is 154 Å². The van der Waals surface area contributed by atoms with Crippen LogP contribution in [0.3, 0.4) is 0 Å². The van der Waals surface area contributed by atoms with Crippen LogP contribution in [-0.4, -0.2) is 16.3 Å². The molecule has 0 amide bonds. The van der Waals surface area contributed by atoms with E-state index in [0.29, 0.717) is 11.8 Å². The van der Waals surface area contributed by atoms with Crippen LogP contribution in [0.1, 0.15) is 181 Å². The normalized spacial score (nSPS) is 15.1. The van der Waals surface area contributed by atoms with Gasteiger partial charge in [-0.15, -0.1) is 0 Å². The van der Waals surface area contributed by atoms with Gasteiger partial charge in [-0.25, -0.2) is 4.98 Å². The number of anilines is 6. The van der Waals surface area contributed by atoms with Gasteiger partial charge in [0.1, 0.15) is 5.82 Å². The Balaban J connectivity index is 1.18. The molecule has 0 aliphatic carbocycles. The summed E-state index contributed by atoms with van der Waals surface area (Å²) < 4.78 is 2.50. The van der Waals surface area contributed by atoms with Crippen LogP contribution in [-0.2, 0) is 27.1 Å². The van der Waals surface area contributed by atoms with E-state index in [9.17, 15) is 0 Å². The molecule has 1 aromatic heterocycles. The average Bonchev–Trinajstić information content (AvgIpc) is 2.86. The van der Waals surface area contributed by atoms with Gasteiger partial charge < -0.3 is 9.80 Å². The number of para-hydroxylation sites is 1. The van der Waals surface area contributed by atoms with E-state index in [0.717, 1.165) is 22.4 Å². The van der Waals surface area contributed by atoms with Crippen LogP contribution in [0.5, 0.6) is 0 Å². The van der Waals surface area contributed by atoms with Crippen molar-refractivity contribution in [2.75, 3.05) is 9.80 Å². The molecule has 6 heteroatoms. The Hall–Kier alpha value is -6.76. The van der Waals surface area contributed by atoms with Gasteiger partial charge in [-0.2, -0.15) is 0 Å². The predicted octanol–water partition coefficient (Wildman–Crippen LogP) is 19.0. The summed E-state index contributed by atoms with van der Waals surface area (Å²) in [5, 5.41) is 0. The average molecular weight is 1070 g/mol. The smallest absolute Gasteiger partial charge is 0.252 e. The highest BCUT2D eigenvalue weighted by atomic mass is 32.2. The number of aromatic nitrogens is 2. The van der Waals surface area contributed by atoms with Gasteiger partial charge in [-0.3, -0.25) is 4.57 Å². The van der Waals surface area contributed by atoms with Gasteiger partial charge in [-0.1, -0.05) is 227 Å². The summed E-state index contributed by atoms with van der Waals surface area (Å²) in [4.78, 5) is 13.6. The molecule has 0 saturated carbocycles. The highest BCUT2D eigenvalue weighted by Crippen LogP contribution is 2.59. The molecule has 9 aromatic rings. The molecular weight excluding hydrogens is 988 g/mol. The van der Waals surface area contributed by atoms with Gasteiger partial charge in [0, 0.05) is 37.8 Å². The van der Waals surface area contributed by atoms with Crippen LogP contribution < -0.4 is 26.2 Å². The molecule has 0 saturated heterocycles. The van der Waals surface area contributed by atoms with Crippen molar-refractivity contribution in [1.29, 1.82) is 0 Å². The topological polar surface area (TPSA) is 24.3 Å². The first-order valence-electron chi connectivity index (χ1n) is 29.5. The Kier molecular flexibility index (Phi) is 11.6. The van der Waals surface area contributed by atoms with Crippen molar-refractivity contribution >= 4 is 80.0 Å². The molecule has 0 N–H and O–H groups in total. The Morgan fingerprint density at radius 2 is 0.988 bits per heavy atom. The third kappa shape index (κ3) is 7.95. The fraction of sp³-hybridized carbons (Fsp3) is 0.338. The molecule has 80 heavy (non-hydrogen) atoms. The van der Waals surface area contributed by atoms with Crippen molar-refractivity contribution in [2.45, 2.75) is 173 Å². The molecule has 8 aromatic carbocycles. The molecule has 0 bridgehead atoms. The van der Waals surface area contributed by atoms with Crippen LogP contribution in [0, 0.1) is 0 Å². The van der Waals surface area contributed by atoms with Crippen molar-refractivity contribution in [3.8, 4) is 28.2 Å². The number of hydrogen-bond acceptors (Lipinski definition) is 4. The summed E-state index contributed by atoms with van der Waals surface area (Å²) in [6.45, 7) is 42.7. The minimum absolute atomic E-state index is 0.00795. The number of nitrogens with zero attached hydrogens (tertiary/aromatic N) is 4. The number of rotatable bonds is 5. The molecule has 5 heterocycles. The Morgan fingerprint density at radius 3 is 1.59 bits per heavy atom. The van der Waals surface area contributed by atoms with Crippen LogP contribution >= 0.6 is 11.8 Å². The zero-order valence-electron chi connectivity index (χ0n) is 50.7. The zero-order chi connectivity index (χ0) is 56.7. The number of imidazole rings is 1. The quantitative estimate of drug-likeness (QED) is 0.160. The first kappa shape index (κ1) is 52.6. The number of benzene rings is 8. The summed E-state index contributed by atoms with van der Waals surface area (Å²) in [6.07, 6.45) is 0. The highest BCUT2D eigenvalue weighted by Gasteiger charge is 2.51. The second kappa shape index (κ2) is 17.6. The van der Waals surface area contributed by atoms with Crippen LogP contribution in [0.25, 0.3) is 39.2 Å². The Bertz CT molecular complexity index is 4040. The SMILES string of the molecule is CC(C)c1cccc(C(C)C)c1-n1c(-c2ccccc2)nc2ccc(-c3cc4c5c(c3)N3c6ccc(C(C)(C)C)cc6C(C)(C)c6cc(C(C)(C)C)cc(c63)B5c3cc(C(C)(C)C)cc5c3N4c3ccc(C(C)(C)C)cc3S5)cc21. The van der Waals surface area contributed by atoms with E-state index in [-0.39, 0.29) is 33.8 Å². The molecule has 4 aliphatic heterocycles. The van der Waals surface area contributed by atoms with Crippen molar-refractivity contribution in [3.05, 3.63) is 184 Å². The lowest BCUT2D eigenvalue weighted by Crippen LogP contribution is -2.63. The Morgan fingerprint density at radius 1 is 0.450 bits per heavy atom. The van der Waals surface area contributed by atoms with E-state index in [1.54, 1.807) is 0 Å². The molecule has 4 nitrogen and oxygen atoms in total. The Labute approximate surface area is 482 Å². The molecule has 0 atom stereocenters. The van der Waals surface area contributed by atoms with Crippen LogP contribution in [0.15, 0.2) is 149 Å². The largest absolute Gasteiger partial charge is 0.311 e. The fourth-order valence-electron chi connectivity index (χ4n) is 13.6.